The Labute approximate surface area is 145 Å². The summed E-state index contributed by atoms with van der Waals surface area (Å²) in [6, 6.07) is 17.7. The Morgan fingerprint density at radius 3 is 2.33 bits per heavy atom. The van der Waals surface area contributed by atoms with E-state index >= 15 is 0 Å². The van der Waals surface area contributed by atoms with Gasteiger partial charge in [0.2, 0.25) is 10.0 Å². The van der Waals surface area contributed by atoms with Crippen LogP contribution in [-0.4, -0.2) is 32.7 Å². The molecule has 0 saturated carbocycles. The van der Waals surface area contributed by atoms with Crippen molar-refractivity contribution < 1.29 is 8.42 Å². The van der Waals surface area contributed by atoms with Crippen molar-refractivity contribution in [3.8, 4) is 0 Å². The summed E-state index contributed by atoms with van der Waals surface area (Å²) in [7, 11) is -1.21. The van der Waals surface area contributed by atoms with Gasteiger partial charge in [-0.2, -0.15) is 0 Å². The molecule has 5 heteroatoms. The molecule has 1 N–H and O–H groups in total. The molecule has 0 aliphatic heterocycles. The molecule has 2 aromatic carbocycles. The molecule has 0 aliphatic carbocycles. The molecular weight excluding hydrogens is 320 g/mol. The molecule has 4 nitrogen and oxygen atoms in total. The fourth-order valence-corrected chi connectivity index (χ4v) is 3.46. The lowest BCUT2D eigenvalue weighted by molar-refractivity contribution is 0.345. The van der Waals surface area contributed by atoms with E-state index in [1.54, 1.807) is 0 Å². The van der Waals surface area contributed by atoms with Crippen molar-refractivity contribution in [1.82, 2.24) is 9.62 Å². The normalized spacial score (nSPS) is 11.8. The van der Waals surface area contributed by atoms with Gasteiger partial charge in [0.1, 0.15) is 0 Å². The highest BCUT2D eigenvalue weighted by Crippen LogP contribution is 2.08. The van der Waals surface area contributed by atoms with Crippen molar-refractivity contribution in [1.29, 1.82) is 0 Å². The highest BCUT2D eigenvalue weighted by atomic mass is 32.2. The topological polar surface area (TPSA) is 49.4 Å². The Kier molecular flexibility index (Phi) is 6.97. The van der Waals surface area contributed by atoms with E-state index in [2.05, 4.69) is 35.7 Å². The van der Waals surface area contributed by atoms with Crippen LogP contribution in [0.3, 0.4) is 0 Å². The number of hydrogen-bond donors (Lipinski definition) is 1. The van der Waals surface area contributed by atoms with Crippen LogP contribution in [0.5, 0.6) is 0 Å². The summed E-state index contributed by atoms with van der Waals surface area (Å²) < 4.78 is 27.0. The maximum absolute atomic E-state index is 12.2. The van der Waals surface area contributed by atoms with Crippen LogP contribution in [0, 0.1) is 0 Å². The Morgan fingerprint density at radius 1 is 0.958 bits per heavy atom. The van der Waals surface area contributed by atoms with Gasteiger partial charge in [-0.05, 0) is 36.7 Å². The molecular formula is C19H26N2O2S. The molecule has 0 bridgehead atoms. The van der Waals surface area contributed by atoms with Gasteiger partial charge in [0.15, 0.2) is 0 Å². The van der Waals surface area contributed by atoms with Crippen LogP contribution >= 0.6 is 0 Å². The Hall–Kier alpha value is -1.69. The summed E-state index contributed by atoms with van der Waals surface area (Å²) in [5.74, 6) is 0.106. The quantitative estimate of drug-likeness (QED) is 0.759. The molecule has 0 aliphatic rings. The van der Waals surface area contributed by atoms with Crippen LogP contribution in [-0.2, 0) is 29.5 Å². The van der Waals surface area contributed by atoms with Gasteiger partial charge in [-0.3, -0.25) is 0 Å². The fraction of sp³-hybridized carbons (Fsp3) is 0.368. The summed E-state index contributed by atoms with van der Waals surface area (Å²) in [6.45, 7) is 4.30. The number of rotatable bonds is 9. The fourth-order valence-electron chi connectivity index (χ4n) is 2.42. The SMILES string of the molecule is CCN(C)Cc1cccc(CNS(=O)(=O)CCc2ccccc2)c1. The third-order valence-corrected chi connectivity index (χ3v) is 5.31. The van der Waals surface area contributed by atoms with Crippen molar-refractivity contribution in [2.45, 2.75) is 26.4 Å². The van der Waals surface area contributed by atoms with Crippen LogP contribution in [0.25, 0.3) is 0 Å². The molecule has 0 radical (unpaired) electrons. The lowest BCUT2D eigenvalue weighted by Crippen LogP contribution is -2.27. The monoisotopic (exact) mass is 346 g/mol. The average Bonchev–Trinajstić information content (AvgIpc) is 2.60. The number of hydrogen-bond acceptors (Lipinski definition) is 3. The third-order valence-electron chi connectivity index (χ3n) is 3.98. The van der Waals surface area contributed by atoms with Crippen LogP contribution in [0.2, 0.25) is 0 Å². The number of nitrogens with one attached hydrogen (secondary N) is 1. The molecule has 24 heavy (non-hydrogen) atoms. The van der Waals surface area contributed by atoms with Gasteiger partial charge in [-0.25, -0.2) is 13.1 Å². The van der Waals surface area contributed by atoms with E-state index in [1.807, 2.05) is 42.5 Å². The largest absolute Gasteiger partial charge is 0.302 e. The first-order valence-corrected chi connectivity index (χ1v) is 9.91. The number of nitrogens with zero attached hydrogens (tertiary/aromatic N) is 1. The van der Waals surface area contributed by atoms with Crippen LogP contribution in [0.4, 0.5) is 0 Å². The van der Waals surface area contributed by atoms with E-state index < -0.39 is 10.0 Å². The zero-order valence-corrected chi connectivity index (χ0v) is 15.2. The highest BCUT2D eigenvalue weighted by molar-refractivity contribution is 7.89. The molecule has 0 amide bonds. The van der Waals surface area contributed by atoms with Crippen molar-refractivity contribution in [2.75, 3.05) is 19.3 Å². The molecule has 2 aromatic rings. The second-order valence-corrected chi connectivity index (χ2v) is 7.95. The van der Waals surface area contributed by atoms with Crippen molar-refractivity contribution in [3.05, 3.63) is 71.3 Å². The van der Waals surface area contributed by atoms with Gasteiger partial charge < -0.3 is 4.90 Å². The Morgan fingerprint density at radius 2 is 1.62 bits per heavy atom. The van der Waals surface area contributed by atoms with Crippen LogP contribution in [0.1, 0.15) is 23.6 Å². The lowest BCUT2D eigenvalue weighted by atomic mass is 10.1. The van der Waals surface area contributed by atoms with E-state index in [9.17, 15) is 8.42 Å². The minimum absolute atomic E-state index is 0.106. The van der Waals surface area contributed by atoms with E-state index in [-0.39, 0.29) is 5.75 Å². The highest BCUT2D eigenvalue weighted by Gasteiger charge is 2.10. The van der Waals surface area contributed by atoms with Gasteiger partial charge in [-0.15, -0.1) is 0 Å². The third kappa shape index (κ3) is 6.43. The predicted molar refractivity (Wildman–Crippen MR) is 99.2 cm³/mol. The van der Waals surface area contributed by atoms with Crippen LogP contribution < -0.4 is 4.72 Å². The lowest BCUT2D eigenvalue weighted by Gasteiger charge is -2.14. The zero-order chi connectivity index (χ0) is 17.4. The van der Waals surface area contributed by atoms with Gasteiger partial charge >= 0.3 is 0 Å². The van der Waals surface area contributed by atoms with Crippen molar-refractivity contribution >= 4 is 10.0 Å². The minimum atomic E-state index is -3.28. The van der Waals surface area contributed by atoms with E-state index in [0.29, 0.717) is 13.0 Å². The van der Waals surface area contributed by atoms with Gasteiger partial charge in [0.05, 0.1) is 5.75 Å². The first kappa shape index (κ1) is 18.6. The first-order chi connectivity index (χ1) is 11.5. The average molecular weight is 346 g/mol. The predicted octanol–water partition coefficient (Wildman–Crippen LogP) is 2.80. The minimum Gasteiger partial charge on any atom is -0.302 e. The molecule has 0 fully saturated rings. The Bertz CT molecular complexity index is 730. The molecule has 0 unspecified atom stereocenters. The summed E-state index contributed by atoms with van der Waals surface area (Å²) in [5.41, 5.74) is 3.22. The molecule has 0 saturated heterocycles. The van der Waals surface area contributed by atoms with E-state index in [4.69, 9.17) is 0 Å². The molecule has 0 aromatic heterocycles. The van der Waals surface area contributed by atoms with Crippen LogP contribution in [0.15, 0.2) is 54.6 Å². The number of aryl methyl sites for hydroxylation is 1. The van der Waals surface area contributed by atoms with E-state index in [1.165, 1.54) is 5.56 Å². The second kappa shape index (κ2) is 8.97. The summed E-state index contributed by atoms with van der Waals surface area (Å²) in [4.78, 5) is 2.21. The maximum Gasteiger partial charge on any atom is 0.212 e. The summed E-state index contributed by atoms with van der Waals surface area (Å²) in [5, 5.41) is 0. The number of sulfonamides is 1. The summed E-state index contributed by atoms with van der Waals surface area (Å²) >= 11 is 0. The van der Waals surface area contributed by atoms with Gasteiger partial charge in [-0.1, -0.05) is 61.5 Å². The number of benzene rings is 2. The van der Waals surface area contributed by atoms with E-state index in [0.717, 1.165) is 24.2 Å². The van der Waals surface area contributed by atoms with Crippen molar-refractivity contribution in [3.63, 3.8) is 0 Å². The molecule has 2 rings (SSSR count). The van der Waals surface area contributed by atoms with Gasteiger partial charge in [0, 0.05) is 13.1 Å². The Balaban J connectivity index is 1.88. The maximum atomic E-state index is 12.2. The van der Waals surface area contributed by atoms with Gasteiger partial charge in [0.25, 0.3) is 0 Å². The summed E-state index contributed by atoms with van der Waals surface area (Å²) in [6.07, 6.45) is 0.525. The molecule has 130 valence electrons. The zero-order valence-electron chi connectivity index (χ0n) is 14.4. The molecule has 0 heterocycles. The smallest absolute Gasteiger partial charge is 0.212 e. The molecule has 0 atom stereocenters. The standard InChI is InChI=1S/C19H26N2O2S/c1-3-21(2)16-19-11-7-10-18(14-19)15-20-24(22,23)13-12-17-8-5-4-6-9-17/h4-11,14,20H,3,12-13,15-16H2,1-2H3. The first-order valence-electron chi connectivity index (χ1n) is 8.26. The van der Waals surface area contributed by atoms with Crippen molar-refractivity contribution in [2.24, 2.45) is 0 Å². The molecule has 0 spiro atoms. The second-order valence-electron chi connectivity index (χ2n) is 6.03.